The van der Waals surface area contributed by atoms with E-state index in [2.05, 4.69) is 43.8 Å². The summed E-state index contributed by atoms with van der Waals surface area (Å²) in [5.41, 5.74) is 2.33. The Bertz CT molecular complexity index is 875. The molecule has 34 heavy (non-hydrogen) atoms. The molecule has 0 aromatic rings. The van der Waals surface area contributed by atoms with Crippen molar-refractivity contribution in [3.8, 4) is 0 Å². The third-order valence-corrected chi connectivity index (χ3v) is 12.6. The van der Waals surface area contributed by atoms with Crippen LogP contribution in [-0.2, 0) is 14.2 Å². The predicted molar refractivity (Wildman–Crippen MR) is 132 cm³/mol. The molecule has 0 N–H and O–H groups in total. The van der Waals surface area contributed by atoms with E-state index in [9.17, 15) is 0 Å². The molecule has 7 aliphatic rings. The van der Waals surface area contributed by atoms with Gasteiger partial charge in [0.25, 0.3) is 0 Å². The normalized spacial score (nSPS) is 49.9. The molecular weight excluding hydrogens is 424 g/mol. The van der Waals surface area contributed by atoms with Crippen molar-refractivity contribution >= 4 is 0 Å². The summed E-state index contributed by atoms with van der Waals surface area (Å²) in [4.78, 5) is 5.10. The van der Waals surface area contributed by atoms with Gasteiger partial charge < -0.3 is 19.1 Å². The van der Waals surface area contributed by atoms with Crippen molar-refractivity contribution in [3.63, 3.8) is 0 Å². The second kappa shape index (κ2) is 7.31. The molecule has 3 spiro atoms. The smallest absolute Gasteiger partial charge is 0.172 e. The fourth-order valence-electron chi connectivity index (χ4n) is 10.3. The Kier molecular flexibility index (Phi) is 4.88. The van der Waals surface area contributed by atoms with Crippen LogP contribution >= 0.6 is 0 Å². The summed E-state index contributed by atoms with van der Waals surface area (Å²) in [6.45, 7) is 10.2. The molecule has 0 radical (unpaired) electrons. The molecule has 0 aromatic heterocycles. The molecule has 0 bridgehead atoms. The maximum absolute atomic E-state index is 7.40. The van der Waals surface area contributed by atoms with E-state index >= 15 is 0 Å². The number of hydrogen-bond donors (Lipinski definition) is 0. The van der Waals surface area contributed by atoms with E-state index in [4.69, 9.17) is 14.2 Å². The van der Waals surface area contributed by atoms with Crippen LogP contribution in [0.15, 0.2) is 11.6 Å². The fraction of sp³-hybridized carbons (Fsp3) is 0.931. The first-order chi connectivity index (χ1) is 16.2. The van der Waals surface area contributed by atoms with Gasteiger partial charge in [-0.1, -0.05) is 25.5 Å². The highest BCUT2D eigenvalue weighted by Gasteiger charge is 2.69. The molecule has 5 heteroatoms. The van der Waals surface area contributed by atoms with Gasteiger partial charge in [0.1, 0.15) is 5.72 Å². The Hall–Kier alpha value is -0.460. The SMILES string of the molecule is CN1CCC2(CC1)O[C@@]1(CC[C@@H]3[C@H]4CC=C5CC6(CC[C@]5(C)[C@H]4CC[C@@]31C)OCCO6)CN2C. The van der Waals surface area contributed by atoms with Crippen molar-refractivity contribution in [2.24, 2.45) is 28.6 Å². The first kappa shape index (κ1) is 22.7. The fourth-order valence-corrected chi connectivity index (χ4v) is 10.3. The summed E-state index contributed by atoms with van der Waals surface area (Å²) in [5.74, 6) is 2.12. The topological polar surface area (TPSA) is 34.2 Å². The van der Waals surface area contributed by atoms with Gasteiger partial charge in [-0.2, -0.15) is 0 Å². The van der Waals surface area contributed by atoms with Gasteiger partial charge in [0.2, 0.25) is 0 Å². The Labute approximate surface area is 206 Å². The van der Waals surface area contributed by atoms with Crippen molar-refractivity contribution in [1.82, 2.24) is 9.80 Å². The number of piperidine rings is 1. The van der Waals surface area contributed by atoms with Crippen LogP contribution < -0.4 is 0 Å². The second-order valence-electron chi connectivity index (χ2n) is 13.7. The largest absolute Gasteiger partial charge is 0.352 e. The van der Waals surface area contributed by atoms with Gasteiger partial charge in [-0.25, -0.2) is 0 Å². The lowest BCUT2D eigenvalue weighted by atomic mass is 9.46. The molecule has 3 aliphatic heterocycles. The first-order valence-electron chi connectivity index (χ1n) is 14.3. The van der Waals surface area contributed by atoms with Gasteiger partial charge >= 0.3 is 0 Å². The zero-order valence-electron chi connectivity index (χ0n) is 22.0. The maximum Gasteiger partial charge on any atom is 0.172 e. The number of likely N-dealkylation sites (N-methyl/N-ethyl adjacent to an activating group) is 1. The Balaban J connectivity index is 1.16. The molecule has 0 unspecified atom stereocenters. The standard InChI is InChI=1S/C29H46N2O3/c1-25-11-12-29(32-17-18-33-29)19-21(25)5-6-22-23(25)7-9-26(2)24(22)8-10-27(26)20-31(4)28(34-27)13-15-30(3)16-14-28/h5,22-24H,6-20H2,1-4H3/t22-,23-,24+,25-,26-,27-/m0/s1. The molecular formula is C29H46N2O3. The van der Waals surface area contributed by atoms with E-state index in [-0.39, 0.29) is 17.1 Å². The molecule has 7 rings (SSSR count). The molecule has 3 heterocycles. The zero-order chi connectivity index (χ0) is 23.4. The highest BCUT2D eigenvalue weighted by Crippen LogP contribution is 2.70. The van der Waals surface area contributed by atoms with Crippen LogP contribution in [0.5, 0.6) is 0 Å². The summed E-state index contributed by atoms with van der Waals surface area (Å²) >= 11 is 0. The summed E-state index contributed by atoms with van der Waals surface area (Å²) < 4.78 is 19.7. The van der Waals surface area contributed by atoms with Crippen molar-refractivity contribution in [2.75, 3.05) is 46.9 Å². The third-order valence-electron chi connectivity index (χ3n) is 12.6. The van der Waals surface area contributed by atoms with Gasteiger partial charge in [-0.15, -0.1) is 0 Å². The average Bonchev–Trinajstić information content (AvgIpc) is 3.47. The molecule has 4 aliphatic carbocycles. The molecule has 190 valence electrons. The minimum Gasteiger partial charge on any atom is -0.352 e. The highest BCUT2D eigenvalue weighted by atomic mass is 16.7. The number of fused-ring (bicyclic) bond motifs is 6. The molecule has 5 nitrogen and oxygen atoms in total. The minimum atomic E-state index is -0.302. The van der Waals surface area contributed by atoms with Gasteiger partial charge in [0, 0.05) is 50.7 Å². The van der Waals surface area contributed by atoms with Crippen LogP contribution in [0, 0.1) is 28.6 Å². The van der Waals surface area contributed by atoms with Crippen LogP contribution in [-0.4, -0.2) is 73.9 Å². The minimum absolute atomic E-state index is 0.0220. The molecule has 3 saturated carbocycles. The maximum atomic E-state index is 7.40. The van der Waals surface area contributed by atoms with Crippen molar-refractivity contribution in [3.05, 3.63) is 11.6 Å². The van der Waals surface area contributed by atoms with Gasteiger partial charge in [0.05, 0.1) is 18.8 Å². The Morgan fingerprint density at radius 1 is 0.882 bits per heavy atom. The zero-order valence-corrected chi connectivity index (χ0v) is 22.0. The van der Waals surface area contributed by atoms with Crippen LogP contribution in [0.4, 0.5) is 0 Å². The molecule has 0 amide bonds. The van der Waals surface area contributed by atoms with Gasteiger partial charge in [-0.3, -0.25) is 4.90 Å². The number of hydrogen-bond acceptors (Lipinski definition) is 5. The molecule has 3 saturated heterocycles. The molecule has 6 atom stereocenters. The number of nitrogens with zero attached hydrogens (tertiary/aromatic N) is 2. The number of ether oxygens (including phenoxy) is 3. The predicted octanol–water partition coefficient (Wildman–Crippen LogP) is 4.82. The van der Waals surface area contributed by atoms with Crippen molar-refractivity contribution < 1.29 is 14.2 Å². The Morgan fingerprint density at radius 3 is 2.38 bits per heavy atom. The lowest BCUT2D eigenvalue weighted by Crippen LogP contribution is -2.57. The van der Waals surface area contributed by atoms with Gasteiger partial charge in [-0.05, 0) is 75.8 Å². The molecule has 6 fully saturated rings. The van der Waals surface area contributed by atoms with E-state index in [1.54, 1.807) is 5.57 Å². The van der Waals surface area contributed by atoms with Crippen LogP contribution in [0.3, 0.4) is 0 Å². The van der Waals surface area contributed by atoms with Crippen molar-refractivity contribution in [1.29, 1.82) is 0 Å². The third kappa shape index (κ3) is 2.85. The lowest BCUT2D eigenvalue weighted by Gasteiger charge is -2.60. The summed E-state index contributed by atoms with van der Waals surface area (Å²) in [6, 6.07) is 0. The van der Waals surface area contributed by atoms with E-state index < -0.39 is 0 Å². The van der Waals surface area contributed by atoms with E-state index in [0.29, 0.717) is 10.8 Å². The number of allylic oxidation sites excluding steroid dienone is 1. The van der Waals surface area contributed by atoms with Crippen LogP contribution in [0.2, 0.25) is 0 Å². The van der Waals surface area contributed by atoms with E-state index in [0.717, 1.165) is 76.3 Å². The second-order valence-corrected chi connectivity index (χ2v) is 13.7. The average molecular weight is 471 g/mol. The summed E-state index contributed by atoms with van der Waals surface area (Å²) in [6.07, 6.45) is 14.8. The van der Waals surface area contributed by atoms with Crippen molar-refractivity contribution in [2.45, 2.75) is 95.2 Å². The number of likely N-dealkylation sites (tertiary alicyclic amines) is 1. The van der Waals surface area contributed by atoms with E-state index in [1.165, 1.54) is 38.5 Å². The van der Waals surface area contributed by atoms with E-state index in [1.807, 2.05) is 0 Å². The van der Waals surface area contributed by atoms with Crippen LogP contribution in [0.1, 0.15) is 78.1 Å². The van der Waals surface area contributed by atoms with Crippen LogP contribution in [0.25, 0.3) is 0 Å². The summed E-state index contributed by atoms with van der Waals surface area (Å²) in [7, 11) is 4.61. The first-order valence-corrected chi connectivity index (χ1v) is 14.3. The van der Waals surface area contributed by atoms with Gasteiger partial charge in [0.15, 0.2) is 5.79 Å². The lowest BCUT2D eigenvalue weighted by molar-refractivity contribution is -0.207. The summed E-state index contributed by atoms with van der Waals surface area (Å²) in [5, 5.41) is 0. The number of rotatable bonds is 0. The Morgan fingerprint density at radius 2 is 1.62 bits per heavy atom. The monoisotopic (exact) mass is 470 g/mol. The highest BCUT2D eigenvalue weighted by molar-refractivity contribution is 5.28. The quantitative estimate of drug-likeness (QED) is 0.475. The molecule has 0 aromatic carbocycles.